The summed E-state index contributed by atoms with van der Waals surface area (Å²) in [5.41, 5.74) is 7.17. The van der Waals surface area contributed by atoms with Crippen LogP contribution in [0.4, 0.5) is 0 Å². The van der Waals surface area contributed by atoms with Crippen molar-refractivity contribution >= 4 is 5.91 Å². The standard InChI is InChI=1S/C18H26N2O/c1-18(9-5-6-10-18)17(21)20-12-15(11-19)16(13-20)14-7-3-2-4-8-14/h2-4,7-8,15-16H,5-6,9-13,19H2,1H3/t15-,16+/m1/s1. The van der Waals surface area contributed by atoms with Gasteiger partial charge in [0.05, 0.1) is 0 Å². The first-order valence-corrected chi connectivity index (χ1v) is 8.18. The van der Waals surface area contributed by atoms with E-state index in [1.807, 2.05) is 6.07 Å². The molecule has 3 rings (SSSR count). The smallest absolute Gasteiger partial charge is 0.228 e. The highest BCUT2D eigenvalue weighted by atomic mass is 16.2. The monoisotopic (exact) mass is 286 g/mol. The van der Waals surface area contributed by atoms with Gasteiger partial charge < -0.3 is 10.6 Å². The Labute approximate surface area is 127 Å². The Morgan fingerprint density at radius 2 is 1.90 bits per heavy atom. The molecule has 1 aromatic rings. The van der Waals surface area contributed by atoms with Gasteiger partial charge in [-0.05, 0) is 30.9 Å². The Morgan fingerprint density at radius 1 is 1.24 bits per heavy atom. The second-order valence-electron chi connectivity index (χ2n) is 6.99. The Bertz CT molecular complexity index is 493. The molecular weight excluding hydrogens is 260 g/mol. The van der Waals surface area contributed by atoms with Crippen molar-refractivity contribution in [3.63, 3.8) is 0 Å². The highest BCUT2D eigenvalue weighted by Crippen LogP contribution is 2.41. The number of benzene rings is 1. The molecule has 3 heteroatoms. The highest BCUT2D eigenvalue weighted by Gasteiger charge is 2.43. The van der Waals surface area contributed by atoms with Gasteiger partial charge in [-0.25, -0.2) is 0 Å². The maximum atomic E-state index is 12.9. The molecule has 0 spiro atoms. The topological polar surface area (TPSA) is 46.3 Å². The summed E-state index contributed by atoms with van der Waals surface area (Å²) in [6.45, 7) is 4.46. The number of amides is 1. The normalized spacial score (nSPS) is 28.0. The molecule has 2 fully saturated rings. The largest absolute Gasteiger partial charge is 0.341 e. The van der Waals surface area contributed by atoms with E-state index in [0.717, 1.165) is 25.9 Å². The van der Waals surface area contributed by atoms with Gasteiger partial charge in [0.25, 0.3) is 0 Å². The van der Waals surface area contributed by atoms with Crippen LogP contribution in [0.2, 0.25) is 0 Å². The van der Waals surface area contributed by atoms with Gasteiger partial charge in [-0.15, -0.1) is 0 Å². The van der Waals surface area contributed by atoms with Crippen molar-refractivity contribution in [2.45, 2.75) is 38.5 Å². The lowest BCUT2D eigenvalue weighted by Gasteiger charge is -2.29. The summed E-state index contributed by atoms with van der Waals surface area (Å²) >= 11 is 0. The second kappa shape index (κ2) is 5.80. The van der Waals surface area contributed by atoms with E-state index in [1.54, 1.807) is 0 Å². The van der Waals surface area contributed by atoms with Crippen molar-refractivity contribution in [3.05, 3.63) is 35.9 Å². The van der Waals surface area contributed by atoms with Gasteiger partial charge in [-0.1, -0.05) is 50.1 Å². The molecule has 1 aromatic carbocycles. The summed E-state index contributed by atoms with van der Waals surface area (Å²) in [7, 11) is 0. The molecule has 1 aliphatic heterocycles. The van der Waals surface area contributed by atoms with Crippen LogP contribution < -0.4 is 5.73 Å². The number of nitrogens with zero attached hydrogens (tertiary/aromatic N) is 1. The van der Waals surface area contributed by atoms with E-state index in [2.05, 4.69) is 36.1 Å². The number of nitrogens with two attached hydrogens (primary N) is 1. The number of hydrogen-bond donors (Lipinski definition) is 1. The van der Waals surface area contributed by atoms with Crippen molar-refractivity contribution in [1.29, 1.82) is 0 Å². The first kappa shape index (κ1) is 14.6. The quantitative estimate of drug-likeness (QED) is 0.928. The molecule has 21 heavy (non-hydrogen) atoms. The fourth-order valence-electron chi connectivity index (χ4n) is 4.10. The number of carbonyl (C=O) groups is 1. The van der Waals surface area contributed by atoms with Crippen LogP contribution in [-0.4, -0.2) is 30.4 Å². The van der Waals surface area contributed by atoms with Gasteiger partial charge in [0.15, 0.2) is 0 Å². The Kier molecular flexibility index (Phi) is 4.03. The molecule has 1 saturated carbocycles. The maximum absolute atomic E-state index is 12.9. The molecule has 114 valence electrons. The summed E-state index contributed by atoms with van der Waals surface area (Å²) in [6.07, 6.45) is 4.48. The Morgan fingerprint density at radius 3 is 2.52 bits per heavy atom. The number of rotatable bonds is 3. The average Bonchev–Trinajstić information content (AvgIpc) is 3.14. The molecule has 1 amide bonds. The lowest BCUT2D eigenvalue weighted by molar-refractivity contribution is -0.140. The highest BCUT2D eigenvalue weighted by molar-refractivity contribution is 5.83. The Hall–Kier alpha value is -1.35. The van der Waals surface area contributed by atoms with E-state index in [4.69, 9.17) is 5.73 Å². The SMILES string of the molecule is CC1(C(=O)N2C[C@@H](CN)[C@H](c3ccccc3)C2)CCCC1. The van der Waals surface area contributed by atoms with Gasteiger partial charge in [0, 0.05) is 24.4 Å². The zero-order chi connectivity index (χ0) is 14.9. The van der Waals surface area contributed by atoms with Crippen LogP contribution in [0.15, 0.2) is 30.3 Å². The van der Waals surface area contributed by atoms with Crippen molar-refractivity contribution in [3.8, 4) is 0 Å². The molecule has 1 heterocycles. The van der Waals surface area contributed by atoms with Crippen LogP contribution in [0.1, 0.15) is 44.1 Å². The summed E-state index contributed by atoms with van der Waals surface area (Å²) in [5.74, 6) is 1.14. The first-order valence-electron chi connectivity index (χ1n) is 8.18. The van der Waals surface area contributed by atoms with E-state index in [9.17, 15) is 4.79 Å². The predicted octanol–water partition coefficient (Wildman–Crippen LogP) is 2.77. The molecule has 0 unspecified atom stereocenters. The lowest BCUT2D eigenvalue weighted by atomic mass is 9.87. The zero-order valence-electron chi connectivity index (χ0n) is 12.9. The van der Waals surface area contributed by atoms with E-state index in [0.29, 0.717) is 24.3 Å². The van der Waals surface area contributed by atoms with Crippen LogP contribution in [0.3, 0.4) is 0 Å². The fraction of sp³-hybridized carbons (Fsp3) is 0.611. The molecule has 2 atom stereocenters. The summed E-state index contributed by atoms with van der Waals surface area (Å²) in [6, 6.07) is 10.5. The summed E-state index contributed by atoms with van der Waals surface area (Å²) in [5, 5.41) is 0. The molecule has 3 nitrogen and oxygen atoms in total. The van der Waals surface area contributed by atoms with Crippen molar-refractivity contribution < 1.29 is 4.79 Å². The molecular formula is C18H26N2O. The molecule has 2 N–H and O–H groups in total. The van der Waals surface area contributed by atoms with Gasteiger partial charge in [0.1, 0.15) is 0 Å². The molecule has 0 aromatic heterocycles. The minimum absolute atomic E-state index is 0.120. The molecule has 1 saturated heterocycles. The van der Waals surface area contributed by atoms with Gasteiger partial charge in [0.2, 0.25) is 5.91 Å². The first-order chi connectivity index (χ1) is 10.1. The lowest BCUT2D eigenvalue weighted by Crippen LogP contribution is -2.40. The average molecular weight is 286 g/mol. The van der Waals surface area contributed by atoms with Gasteiger partial charge in [-0.3, -0.25) is 4.79 Å². The third-order valence-electron chi connectivity index (χ3n) is 5.48. The molecule has 1 aliphatic carbocycles. The zero-order valence-corrected chi connectivity index (χ0v) is 12.9. The van der Waals surface area contributed by atoms with E-state index in [-0.39, 0.29) is 5.41 Å². The van der Waals surface area contributed by atoms with E-state index < -0.39 is 0 Å². The van der Waals surface area contributed by atoms with E-state index >= 15 is 0 Å². The minimum atomic E-state index is -0.120. The second-order valence-corrected chi connectivity index (χ2v) is 6.99. The Balaban J connectivity index is 1.76. The van der Waals surface area contributed by atoms with Gasteiger partial charge in [-0.2, -0.15) is 0 Å². The molecule has 2 aliphatic rings. The van der Waals surface area contributed by atoms with Crippen LogP contribution >= 0.6 is 0 Å². The van der Waals surface area contributed by atoms with Crippen LogP contribution in [-0.2, 0) is 4.79 Å². The minimum Gasteiger partial charge on any atom is -0.341 e. The van der Waals surface area contributed by atoms with Crippen LogP contribution in [0.25, 0.3) is 0 Å². The fourth-order valence-corrected chi connectivity index (χ4v) is 4.10. The maximum Gasteiger partial charge on any atom is 0.228 e. The van der Waals surface area contributed by atoms with Gasteiger partial charge >= 0.3 is 0 Å². The van der Waals surface area contributed by atoms with Crippen molar-refractivity contribution in [2.24, 2.45) is 17.1 Å². The molecule has 0 bridgehead atoms. The third-order valence-corrected chi connectivity index (χ3v) is 5.48. The number of carbonyl (C=O) groups excluding carboxylic acids is 1. The number of likely N-dealkylation sites (tertiary alicyclic amines) is 1. The molecule has 0 radical (unpaired) electrons. The van der Waals surface area contributed by atoms with Crippen LogP contribution in [0.5, 0.6) is 0 Å². The summed E-state index contributed by atoms with van der Waals surface area (Å²) < 4.78 is 0. The summed E-state index contributed by atoms with van der Waals surface area (Å²) in [4.78, 5) is 15.0. The van der Waals surface area contributed by atoms with E-state index in [1.165, 1.54) is 18.4 Å². The van der Waals surface area contributed by atoms with Crippen LogP contribution in [0, 0.1) is 11.3 Å². The third kappa shape index (κ3) is 2.71. The van der Waals surface area contributed by atoms with Crippen molar-refractivity contribution in [1.82, 2.24) is 4.90 Å². The predicted molar refractivity (Wildman–Crippen MR) is 84.9 cm³/mol. The van der Waals surface area contributed by atoms with Crippen molar-refractivity contribution in [2.75, 3.05) is 19.6 Å². The number of hydrogen-bond acceptors (Lipinski definition) is 2.